The summed E-state index contributed by atoms with van der Waals surface area (Å²) in [5, 5.41) is 5.92. The van der Waals surface area contributed by atoms with Gasteiger partial charge in [-0.15, -0.1) is 11.3 Å². The van der Waals surface area contributed by atoms with Crippen LogP contribution in [0.5, 0.6) is 5.75 Å². The zero-order chi connectivity index (χ0) is 29.0. The van der Waals surface area contributed by atoms with Crippen molar-refractivity contribution in [1.82, 2.24) is 10.3 Å². The first-order valence-corrected chi connectivity index (χ1v) is 14.4. The van der Waals surface area contributed by atoms with Gasteiger partial charge in [0.15, 0.2) is 0 Å². The van der Waals surface area contributed by atoms with E-state index in [1.165, 1.54) is 11.3 Å². The largest absolute Gasteiger partial charge is 0.489 e. The Hall–Kier alpha value is -4.49. The Morgan fingerprint density at radius 3 is 2.29 bits per heavy atom. The first kappa shape index (κ1) is 29.5. The Bertz CT molecular complexity index is 1490. The molecule has 0 bridgehead atoms. The van der Waals surface area contributed by atoms with Crippen molar-refractivity contribution < 1.29 is 19.1 Å². The molecule has 0 aliphatic rings. The van der Waals surface area contributed by atoms with Gasteiger partial charge in [0.2, 0.25) is 0 Å². The van der Waals surface area contributed by atoms with Crippen molar-refractivity contribution in [1.29, 1.82) is 0 Å². The van der Waals surface area contributed by atoms with Crippen molar-refractivity contribution in [2.45, 2.75) is 39.8 Å². The van der Waals surface area contributed by atoms with Crippen LogP contribution in [0.4, 0.5) is 0 Å². The molecule has 1 heterocycles. The molecule has 0 radical (unpaired) electrons. The van der Waals surface area contributed by atoms with Crippen LogP contribution in [0.1, 0.15) is 59.0 Å². The molecule has 6 nitrogen and oxygen atoms in total. The van der Waals surface area contributed by atoms with Crippen LogP contribution in [0.2, 0.25) is 0 Å². The Kier molecular flexibility index (Phi) is 10.6. The number of rotatable bonds is 12. The van der Waals surface area contributed by atoms with E-state index in [0.29, 0.717) is 30.8 Å². The van der Waals surface area contributed by atoms with E-state index in [9.17, 15) is 9.59 Å². The molecular formula is C34H34N2O4S. The van der Waals surface area contributed by atoms with Crippen molar-refractivity contribution in [2.75, 3.05) is 6.61 Å². The maximum Gasteiger partial charge on any atom is 0.333 e. The average molecular weight is 567 g/mol. The summed E-state index contributed by atoms with van der Waals surface area (Å²) in [6.45, 7) is 6.26. The van der Waals surface area contributed by atoms with Crippen LogP contribution in [-0.2, 0) is 22.6 Å². The van der Waals surface area contributed by atoms with E-state index in [1.54, 1.807) is 32.1 Å². The van der Waals surface area contributed by atoms with Crippen molar-refractivity contribution in [3.63, 3.8) is 0 Å². The molecule has 0 saturated carbocycles. The molecule has 0 aliphatic carbocycles. The number of nitrogens with one attached hydrogen (secondary N) is 1. The molecule has 1 N–H and O–H groups in total. The maximum atomic E-state index is 13.1. The Labute approximate surface area is 245 Å². The summed E-state index contributed by atoms with van der Waals surface area (Å²) < 4.78 is 11.0. The number of thiazole rings is 1. The summed E-state index contributed by atoms with van der Waals surface area (Å²) in [5.74, 6) is 0.292. The zero-order valence-corrected chi connectivity index (χ0v) is 24.3. The lowest BCUT2D eigenvalue weighted by Crippen LogP contribution is -2.30. The van der Waals surface area contributed by atoms with Gasteiger partial charge in [-0.05, 0) is 80.3 Å². The van der Waals surface area contributed by atoms with Gasteiger partial charge in [-0.25, -0.2) is 9.78 Å². The molecule has 1 atom stereocenters. The third-order valence-electron chi connectivity index (χ3n) is 6.21. The van der Waals surface area contributed by atoms with Crippen LogP contribution in [0, 0.1) is 0 Å². The molecular weight excluding hydrogens is 532 g/mol. The van der Waals surface area contributed by atoms with E-state index in [4.69, 9.17) is 14.5 Å². The number of esters is 1. The summed E-state index contributed by atoms with van der Waals surface area (Å²) in [7, 11) is 0. The summed E-state index contributed by atoms with van der Waals surface area (Å²) in [6, 6.07) is 26.8. The van der Waals surface area contributed by atoms with Gasteiger partial charge in [-0.1, -0.05) is 60.7 Å². The molecule has 1 amide bonds. The average Bonchev–Trinajstić information content (AvgIpc) is 3.45. The first-order chi connectivity index (χ1) is 19.9. The maximum absolute atomic E-state index is 13.1. The van der Waals surface area contributed by atoms with Crippen molar-refractivity contribution in [3.8, 4) is 5.75 Å². The number of hydrogen-bond donors (Lipinski definition) is 1. The molecule has 0 aliphatic heterocycles. The van der Waals surface area contributed by atoms with Gasteiger partial charge < -0.3 is 14.8 Å². The van der Waals surface area contributed by atoms with E-state index in [2.05, 4.69) is 5.32 Å². The number of aromatic nitrogens is 1. The minimum Gasteiger partial charge on any atom is -0.489 e. The number of carbonyl (C=O) groups is 2. The number of amides is 1. The van der Waals surface area contributed by atoms with Gasteiger partial charge in [-0.2, -0.15) is 0 Å². The van der Waals surface area contributed by atoms with Crippen LogP contribution in [0.3, 0.4) is 0 Å². The van der Waals surface area contributed by atoms with Crippen LogP contribution in [-0.4, -0.2) is 23.5 Å². The molecule has 0 fully saturated rings. The highest BCUT2D eigenvalue weighted by Gasteiger charge is 2.20. The molecule has 0 unspecified atom stereocenters. The lowest BCUT2D eigenvalue weighted by molar-refractivity contribution is -0.138. The fourth-order valence-corrected chi connectivity index (χ4v) is 5.00. The van der Waals surface area contributed by atoms with E-state index in [1.807, 2.05) is 91.2 Å². The standard InChI is InChI=1S/C34H34N2O4S/c1-4-39-34(38)25(3)19-24(2)20-29-23-41-33(35-29)31(36-32(37)28-13-9-6-10-14-28)21-26-15-17-30(18-16-26)40-22-27-11-7-5-8-12-27/h5-20,23,31H,4,21-22H2,1-3H3,(H,36,37)/b24-20+,25-19-/t31-/m0/s1. The van der Waals surface area contributed by atoms with Crippen LogP contribution in [0.15, 0.2) is 108 Å². The van der Waals surface area contributed by atoms with Gasteiger partial charge in [0.1, 0.15) is 17.4 Å². The summed E-state index contributed by atoms with van der Waals surface area (Å²) in [4.78, 5) is 29.9. The van der Waals surface area contributed by atoms with Crippen LogP contribution in [0.25, 0.3) is 6.08 Å². The quantitative estimate of drug-likeness (QED) is 0.110. The molecule has 0 saturated heterocycles. The molecule has 0 spiro atoms. The van der Waals surface area contributed by atoms with Crippen molar-refractivity contribution in [3.05, 3.63) is 135 Å². The van der Waals surface area contributed by atoms with Crippen LogP contribution < -0.4 is 10.1 Å². The smallest absolute Gasteiger partial charge is 0.333 e. The molecule has 210 valence electrons. The minimum absolute atomic E-state index is 0.158. The topological polar surface area (TPSA) is 77.5 Å². The van der Waals surface area contributed by atoms with Gasteiger partial charge in [0.25, 0.3) is 5.91 Å². The number of benzene rings is 3. The Morgan fingerprint density at radius 2 is 1.61 bits per heavy atom. The van der Waals surface area contributed by atoms with E-state index >= 15 is 0 Å². The monoisotopic (exact) mass is 566 g/mol. The first-order valence-electron chi connectivity index (χ1n) is 13.5. The lowest BCUT2D eigenvalue weighted by Gasteiger charge is -2.17. The molecule has 41 heavy (non-hydrogen) atoms. The molecule has 1 aromatic heterocycles. The Morgan fingerprint density at radius 1 is 0.927 bits per heavy atom. The van der Waals surface area contributed by atoms with Gasteiger partial charge in [0, 0.05) is 16.5 Å². The molecule has 4 aromatic rings. The summed E-state index contributed by atoms with van der Waals surface area (Å²) >= 11 is 1.49. The Balaban J connectivity index is 1.50. The predicted octanol–water partition coefficient (Wildman–Crippen LogP) is 7.35. The van der Waals surface area contributed by atoms with Gasteiger partial charge >= 0.3 is 5.97 Å². The number of carbonyl (C=O) groups excluding carboxylic acids is 2. The second kappa shape index (κ2) is 14.8. The lowest BCUT2D eigenvalue weighted by atomic mass is 10.1. The molecule has 7 heteroatoms. The number of ether oxygens (including phenoxy) is 2. The highest BCUT2D eigenvalue weighted by atomic mass is 32.1. The van der Waals surface area contributed by atoms with E-state index < -0.39 is 0 Å². The number of nitrogens with zero attached hydrogens (tertiary/aromatic N) is 1. The fraction of sp³-hybridized carbons (Fsp3) is 0.206. The fourth-order valence-electron chi connectivity index (χ4n) is 4.18. The third kappa shape index (κ3) is 9.01. The molecule has 4 rings (SSSR count). The van der Waals surface area contributed by atoms with Crippen molar-refractivity contribution >= 4 is 29.3 Å². The minimum atomic E-state index is -0.334. The number of allylic oxidation sites excluding steroid dienone is 2. The third-order valence-corrected chi connectivity index (χ3v) is 7.18. The second-order valence-electron chi connectivity index (χ2n) is 9.56. The summed E-state index contributed by atoms with van der Waals surface area (Å²) in [5.41, 5.74) is 4.92. The van der Waals surface area contributed by atoms with E-state index in [0.717, 1.165) is 33.2 Å². The SMILES string of the molecule is CCOC(=O)/C(C)=C\C(C)=C\c1csc([C@H](Cc2ccc(OCc3ccccc3)cc2)NC(=O)c2ccccc2)n1. The van der Waals surface area contributed by atoms with Crippen LogP contribution >= 0.6 is 11.3 Å². The highest BCUT2D eigenvalue weighted by molar-refractivity contribution is 7.09. The number of hydrogen-bond acceptors (Lipinski definition) is 6. The van der Waals surface area contributed by atoms with E-state index in [-0.39, 0.29) is 17.9 Å². The predicted molar refractivity (Wildman–Crippen MR) is 164 cm³/mol. The van der Waals surface area contributed by atoms with Crippen molar-refractivity contribution in [2.24, 2.45) is 0 Å². The normalized spacial score (nSPS) is 12.5. The van der Waals surface area contributed by atoms with Gasteiger partial charge in [-0.3, -0.25) is 4.79 Å². The zero-order valence-electron chi connectivity index (χ0n) is 23.5. The van der Waals surface area contributed by atoms with Gasteiger partial charge in [0.05, 0.1) is 18.3 Å². The molecule has 3 aromatic carbocycles. The second-order valence-corrected chi connectivity index (χ2v) is 10.5. The highest BCUT2D eigenvalue weighted by Crippen LogP contribution is 2.25. The summed E-state index contributed by atoms with van der Waals surface area (Å²) in [6.07, 6.45) is 4.26.